The van der Waals surface area contributed by atoms with Gasteiger partial charge in [0.15, 0.2) is 6.61 Å². The molecule has 7 nitrogen and oxygen atoms in total. The van der Waals surface area contributed by atoms with Crippen molar-refractivity contribution >= 4 is 33.5 Å². The summed E-state index contributed by atoms with van der Waals surface area (Å²) in [6.07, 6.45) is 0.209. The summed E-state index contributed by atoms with van der Waals surface area (Å²) in [5.41, 5.74) is 0. The van der Waals surface area contributed by atoms with Crippen LogP contribution < -0.4 is 0 Å². The number of benzene rings is 1. The number of nitrogens with zero attached hydrogens (tertiary/aromatic N) is 2. The highest BCUT2D eigenvalue weighted by Gasteiger charge is 2.30. The first kappa shape index (κ1) is 18.7. The van der Waals surface area contributed by atoms with Crippen molar-refractivity contribution < 1.29 is 22.7 Å². The molecule has 1 aromatic rings. The van der Waals surface area contributed by atoms with E-state index in [9.17, 15) is 18.0 Å². The van der Waals surface area contributed by atoms with E-state index in [-0.39, 0.29) is 50.0 Å². The molecule has 0 atom stereocenters. The second-order valence-electron chi connectivity index (χ2n) is 5.25. The molecule has 0 saturated carbocycles. The summed E-state index contributed by atoms with van der Waals surface area (Å²) >= 11 is 5.78. The van der Waals surface area contributed by atoms with Gasteiger partial charge in [-0.05, 0) is 24.3 Å². The molecule has 0 N–H and O–H groups in total. The Balaban J connectivity index is 1.93. The molecule has 1 heterocycles. The largest absolute Gasteiger partial charge is 0.456 e. The summed E-state index contributed by atoms with van der Waals surface area (Å²) in [4.78, 5) is 24.7. The second-order valence-corrected chi connectivity index (χ2v) is 7.63. The maximum Gasteiger partial charge on any atom is 0.306 e. The number of sulfonamides is 1. The van der Waals surface area contributed by atoms with Crippen molar-refractivity contribution in [2.45, 2.75) is 18.2 Å². The van der Waals surface area contributed by atoms with Crippen LogP contribution in [0.15, 0.2) is 29.2 Å². The highest BCUT2D eigenvalue weighted by Crippen LogP contribution is 2.19. The summed E-state index contributed by atoms with van der Waals surface area (Å²) in [6.45, 7) is 2.24. The van der Waals surface area contributed by atoms with E-state index in [0.717, 1.165) is 0 Å². The number of piperazine rings is 1. The van der Waals surface area contributed by atoms with Gasteiger partial charge >= 0.3 is 5.97 Å². The molecule has 1 fully saturated rings. The molecule has 24 heavy (non-hydrogen) atoms. The molecule has 132 valence electrons. The Kier molecular flexibility index (Phi) is 6.20. The molecule has 0 bridgehead atoms. The summed E-state index contributed by atoms with van der Waals surface area (Å²) in [7, 11) is -3.61. The number of amides is 1. The van der Waals surface area contributed by atoms with Crippen LogP contribution in [0.4, 0.5) is 0 Å². The van der Waals surface area contributed by atoms with Crippen LogP contribution in [0.5, 0.6) is 0 Å². The van der Waals surface area contributed by atoms with Crippen LogP contribution in [0.25, 0.3) is 0 Å². The first-order chi connectivity index (χ1) is 11.3. The highest BCUT2D eigenvalue weighted by atomic mass is 35.5. The third-order valence-corrected chi connectivity index (χ3v) is 5.85. The van der Waals surface area contributed by atoms with Crippen LogP contribution in [-0.4, -0.2) is 62.3 Å². The lowest BCUT2D eigenvalue weighted by Gasteiger charge is -2.33. The fourth-order valence-electron chi connectivity index (χ4n) is 2.27. The van der Waals surface area contributed by atoms with Crippen molar-refractivity contribution in [3.8, 4) is 0 Å². The van der Waals surface area contributed by atoms with Crippen molar-refractivity contribution in [2.75, 3.05) is 32.8 Å². The molecule has 1 aliphatic rings. The maximum atomic E-state index is 12.5. The maximum absolute atomic E-state index is 12.5. The minimum absolute atomic E-state index is 0.170. The number of ether oxygens (including phenoxy) is 1. The van der Waals surface area contributed by atoms with Crippen LogP contribution in [0.2, 0.25) is 5.02 Å². The van der Waals surface area contributed by atoms with Crippen LogP contribution in [0.1, 0.15) is 13.3 Å². The molecule has 1 aromatic carbocycles. The fourth-order valence-corrected chi connectivity index (χ4v) is 3.82. The molecular weight excluding hydrogens is 356 g/mol. The average molecular weight is 375 g/mol. The summed E-state index contributed by atoms with van der Waals surface area (Å²) in [5.74, 6) is -0.757. The Labute approximate surface area is 146 Å². The van der Waals surface area contributed by atoms with Crippen molar-refractivity contribution in [1.82, 2.24) is 9.21 Å². The second kappa shape index (κ2) is 7.96. The predicted octanol–water partition coefficient (Wildman–Crippen LogP) is 1.13. The standard InChI is InChI=1S/C15H19ClN2O5S/c1-2-15(20)23-11-14(19)17-7-9-18(10-8-17)24(21,22)13-5-3-12(16)4-6-13/h3-6H,2,7-11H2,1H3. The lowest BCUT2D eigenvalue weighted by atomic mass is 10.3. The van der Waals surface area contributed by atoms with Crippen LogP contribution in [0, 0.1) is 0 Å². The Morgan fingerprint density at radius 2 is 1.71 bits per heavy atom. The molecule has 0 aliphatic carbocycles. The zero-order chi connectivity index (χ0) is 17.7. The number of halogens is 1. The van der Waals surface area contributed by atoms with Crippen molar-refractivity contribution in [2.24, 2.45) is 0 Å². The Hall–Kier alpha value is -1.64. The van der Waals surface area contributed by atoms with Crippen LogP contribution >= 0.6 is 11.6 Å². The van der Waals surface area contributed by atoms with Gasteiger partial charge in [0.2, 0.25) is 10.0 Å². The van der Waals surface area contributed by atoms with E-state index in [0.29, 0.717) is 5.02 Å². The van der Waals surface area contributed by atoms with Gasteiger partial charge < -0.3 is 9.64 Å². The van der Waals surface area contributed by atoms with Gasteiger partial charge in [0.25, 0.3) is 5.91 Å². The minimum Gasteiger partial charge on any atom is -0.456 e. The summed E-state index contributed by atoms with van der Waals surface area (Å²) in [5, 5.41) is 0.464. The lowest BCUT2D eigenvalue weighted by molar-refractivity contribution is -0.152. The van der Waals surface area contributed by atoms with Gasteiger partial charge in [0, 0.05) is 37.6 Å². The normalized spacial score (nSPS) is 16.0. The monoisotopic (exact) mass is 374 g/mol. The third kappa shape index (κ3) is 4.46. The van der Waals surface area contributed by atoms with Gasteiger partial charge in [-0.3, -0.25) is 9.59 Å². The number of carbonyl (C=O) groups is 2. The SMILES string of the molecule is CCC(=O)OCC(=O)N1CCN(S(=O)(=O)c2ccc(Cl)cc2)CC1. The van der Waals surface area contributed by atoms with Gasteiger partial charge in [0.05, 0.1) is 4.90 Å². The van der Waals surface area contributed by atoms with E-state index in [1.54, 1.807) is 6.92 Å². The number of carbonyl (C=O) groups excluding carboxylic acids is 2. The Bertz CT molecular complexity index is 697. The zero-order valence-corrected chi connectivity index (χ0v) is 14.8. The average Bonchev–Trinajstić information content (AvgIpc) is 2.59. The molecular formula is C15H19ClN2O5S. The summed E-state index contributed by atoms with van der Waals surface area (Å²) in [6, 6.07) is 5.96. The zero-order valence-electron chi connectivity index (χ0n) is 13.3. The van der Waals surface area contributed by atoms with Gasteiger partial charge in [-0.15, -0.1) is 0 Å². The molecule has 0 spiro atoms. The quantitative estimate of drug-likeness (QED) is 0.721. The van der Waals surface area contributed by atoms with E-state index < -0.39 is 16.0 Å². The van der Waals surface area contributed by atoms with E-state index in [1.807, 2.05) is 0 Å². The van der Waals surface area contributed by atoms with Gasteiger partial charge in [-0.1, -0.05) is 18.5 Å². The molecule has 2 rings (SSSR count). The topological polar surface area (TPSA) is 84.0 Å². The number of hydrogen-bond acceptors (Lipinski definition) is 5. The van der Waals surface area contributed by atoms with Gasteiger partial charge in [-0.2, -0.15) is 4.31 Å². The molecule has 1 aliphatic heterocycles. The highest BCUT2D eigenvalue weighted by molar-refractivity contribution is 7.89. The van der Waals surface area contributed by atoms with E-state index in [4.69, 9.17) is 16.3 Å². The Morgan fingerprint density at radius 1 is 1.12 bits per heavy atom. The van der Waals surface area contributed by atoms with Crippen molar-refractivity contribution in [3.05, 3.63) is 29.3 Å². The van der Waals surface area contributed by atoms with Crippen molar-refractivity contribution in [3.63, 3.8) is 0 Å². The number of esters is 1. The molecule has 9 heteroatoms. The Morgan fingerprint density at radius 3 is 2.25 bits per heavy atom. The summed E-state index contributed by atoms with van der Waals surface area (Å²) < 4.78 is 31.2. The number of rotatable bonds is 5. The minimum atomic E-state index is -3.61. The van der Waals surface area contributed by atoms with E-state index in [1.165, 1.54) is 33.5 Å². The molecule has 1 saturated heterocycles. The molecule has 1 amide bonds. The van der Waals surface area contributed by atoms with Crippen LogP contribution in [0.3, 0.4) is 0 Å². The molecule has 0 unspecified atom stereocenters. The first-order valence-corrected chi connectivity index (χ1v) is 9.35. The number of hydrogen-bond donors (Lipinski definition) is 0. The predicted molar refractivity (Wildman–Crippen MR) is 88.0 cm³/mol. The van der Waals surface area contributed by atoms with Gasteiger partial charge in [0.1, 0.15) is 0 Å². The first-order valence-electron chi connectivity index (χ1n) is 7.53. The fraction of sp³-hybridized carbons (Fsp3) is 0.467. The third-order valence-electron chi connectivity index (χ3n) is 3.69. The van der Waals surface area contributed by atoms with Crippen LogP contribution in [-0.2, 0) is 24.3 Å². The smallest absolute Gasteiger partial charge is 0.306 e. The van der Waals surface area contributed by atoms with E-state index >= 15 is 0 Å². The lowest BCUT2D eigenvalue weighted by Crippen LogP contribution is -2.51. The molecule has 0 aromatic heterocycles. The molecule has 0 radical (unpaired) electrons. The van der Waals surface area contributed by atoms with Gasteiger partial charge in [-0.25, -0.2) is 8.42 Å². The van der Waals surface area contributed by atoms with Crippen molar-refractivity contribution in [1.29, 1.82) is 0 Å². The van der Waals surface area contributed by atoms with E-state index in [2.05, 4.69) is 0 Å².